The van der Waals surface area contributed by atoms with E-state index < -0.39 is 30.6 Å². The highest BCUT2D eigenvalue weighted by Crippen LogP contribution is 2.23. The third-order valence-corrected chi connectivity index (χ3v) is 2.81. The average Bonchev–Trinajstić information content (AvgIpc) is 2.28. The van der Waals surface area contributed by atoms with Crippen molar-refractivity contribution in [1.29, 1.82) is 0 Å². The second kappa shape index (κ2) is 6.11. The first-order valence-electron chi connectivity index (χ1n) is 5.64. The second-order valence-corrected chi connectivity index (χ2v) is 4.19. The van der Waals surface area contributed by atoms with Gasteiger partial charge in [0.05, 0.1) is 24.7 Å². The highest BCUT2D eigenvalue weighted by Gasteiger charge is 2.41. The summed E-state index contributed by atoms with van der Waals surface area (Å²) < 4.78 is 25.2. The lowest BCUT2D eigenvalue weighted by Crippen LogP contribution is -2.58. The molecule has 0 radical (unpaired) electrons. The first kappa shape index (κ1) is 14.1. The van der Waals surface area contributed by atoms with Gasteiger partial charge in [0.25, 0.3) is 0 Å². The Kier molecular flexibility index (Phi) is 5.07. The zero-order chi connectivity index (χ0) is 13.0. The van der Waals surface area contributed by atoms with E-state index in [2.05, 4.69) is 5.32 Å². The summed E-state index contributed by atoms with van der Waals surface area (Å²) >= 11 is 0. The highest BCUT2D eigenvalue weighted by molar-refractivity contribution is 5.74. The van der Waals surface area contributed by atoms with Crippen molar-refractivity contribution in [3.05, 3.63) is 0 Å². The van der Waals surface area contributed by atoms with Crippen molar-refractivity contribution in [3.8, 4) is 0 Å². The summed E-state index contributed by atoms with van der Waals surface area (Å²) in [6.45, 7) is 1.95. The molecule has 2 amide bonds. The van der Waals surface area contributed by atoms with Crippen LogP contribution in [-0.2, 0) is 0 Å². The van der Waals surface area contributed by atoms with Crippen LogP contribution in [0.5, 0.6) is 0 Å². The summed E-state index contributed by atoms with van der Waals surface area (Å²) in [7, 11) is 0. The molecule has 3 N–H and O–H groups in total. The van der Waals surface area contributed by atoms with Crippen molar-refractivity contribution in [2.45, 2.75) is 32.0 Å². The maximum absolute atomic E-state index is 12.6. The molecule has 1 fully saturated rings. The molecule has 1 rings (SSSR count). The number of aliphatic hydroxyl groups is 2. The van der Waals surface area contributed by atoms with Crippen LogP contribution in [-0.4, -0.2) is 59.4 Å². The normalized spacial score (nSPS) is 29.5. The van der Waals surface area contributed by atoms with Gasteiger partial charge in [0.15, 0.2) is 0 Å². The zero-order valence-electron chi connectivity index (χ0n) is 9.64. The number of urea groups is 1. The Labute approximate surface area is 98.4 Å². The minimum absolute atomic E-state index is 0.125. The fourth-order valence-corrected chi connectivity index (χ4v) is 1.79. The van der Waals surface area contributed by atoms with Crippen molar-refractivity contribution in [3.63, 3.8) is 0 Å². The van der Waals surface area contributed by atoms with Crippen LogP contribution in [0.15, 0.2) is 0 Å². The molecule has 1 saturated heterocycles. The predicted octanol–water partition coefficient (Wildman–Crippen LogP) is 0.0247. The maximum Gasteiger partial charge on any atom is 0.317 e. The molecule has 0 aromatic heterocycles. The van der Waals surface area contributed by atoms with E-state index in [1.165, 1.54) is 0 Å². The molecule has 100 valence electrons. The summed E-state index contributed by atoms with van der Waals surface area (Å²) in [4.78, 5) is 12.7. The minimum Gasteiger partial charge on any atom is -0.390 e. The van der Waals surface area contributed by atoms with Crippen LogP contribution in [0.3, 0.4) is 0 Å². The molecule has 0 aromatic carbocycles. The smallest absolute Gasteiger partial charge is 0.317 e. The third kappa shape index (κ3) is 3.50. The number of piperidine rings is 1. The Bertz CT molecular complexity index is 266. The van der Waals surface area contributed by atoms with E-state index in [0.29, 0.717) is 6.54 Å². The van der Waals surface area contributed by atoms with Gasteiger partial charge in [0.2, 0.25) is 6.43 Å². The summed E-state index contributed by atoms with van der Waals surface area (Å²) in [5, 5.41) is 21.4. The molecule has 0 saturated carbocycles. The van der Waals surface area contributed by atoms with Crippen molar-refractivity contribution in [2.75, 3.05) is 19.6 Å². The molecular weight excluding hydrogens is 234 g/mol. The number of aliphatic hydroxyl groups excluding tert-OH is 2. The van der Waals surface area contributed by atoms with Crippen LogP contribution in [0.4, 0.5) is 13.6 Å². The molecule has 3 atom stereocenters. The third-order valence-electron chi connectivity index (χ3n) is 2.81. The predicted molar refractivity (Wildman–Crippen MR) is 56.8 cm³/mol. The van der Waals surface area contributed by atoms with Crippen LogP contribution in [0.2, 0.25) is 0 Å². The molecule has 0 bridgehead atoms. The van der Waals surface area contributed by atoms with Gasteiger partial charge >= 0.3 is 6.03 Å². The van der Waals surface area contributed by atoms with Gasteiger partial charge in [0.1, 0.15) is 0 Å². The van der Waals surface area contributed by atoms with Gasteiger partial charge in [-0.25, -0.2) is 13.6 Å². The number of rotatable bonds is 3. The number of likely N-dealkylation sites (tertiary alicyclic amines) is 1. The second-order valence-electron chi connectivity index (χ2n) is 4.19. The van der Waals surface area contributed by atoms with E-state index in [4.69, 9.17) is 0 Å². The summed E-state index contributed by atoms with van der Waals surface area (Å²) in [6, 6.07) is -0.483. The number of nitrogens with zero attached hydrogens (tertiary/aromatic N) is 1. The van der Waals surface area contributed by atoms with E-state index in [0.717, 1.165) is 11.3 Å². The van der Waals surface area contributed by atoms with Crippen molar-refractivity contribution < 1.29 is 23.8 Å². The lowest BCUT2D eigenvalue weighted by Gasteiger charge is -2.38. The molecule has 0 aromatic rings. The Hall–Kier alpha value is -0.950. The number of hydrogen-bond acceptors (Lipinski definition) is 3. The molecular formula is C10H18F2N2O3. The van der Waals surface area contributed by atoms with Crippen LogP contribution in [0.1, 0.15) is 13.3 Å². The zero-order valence-corrected chi connectivity index (χ0v) is 9.64. The number of alkyl halides is 2. The molecule has 1 unspecified atom stereocenters. The first-order chi connectivity index (χ1) is 7.97. The number of halogens is 2. The fraction of sp³-hybridized carbons (Fsp3) is 0.900. The topological polar surface area (TPSA) is 72.8 Å². The number of nitrogens with one attached hydrogen (secondary N) is 1. The van der Waals surface area contributed by atoms with Gasteiger partial charge in [-0.1, -0.05) is 6.92 Å². The molecule has 5 nitrogen and oxygen atoms in total. The molecule has 0 spiro atoms. The average molecular weight is 252 g/mol. The van der Waals surface area contributed by atoms with Crippen molar-refractivity contribution in [1.82, 2.24) is 10.2 Å². The van der Waals surface area contributed by atoms with E-state index in [-0.39, 0.29) is 13.1 Å². The van der Waals surface area contributed by atoms with Crippen LogP contribution in [0.25, 0.3) is 0 Å². The van der Waals surface area contributed by atoms with Crippen LogP contribution < -0.4 is 5.32 Å². The van der Waals surface area contributed by atoms with E-state index in [1.54, 1.807) is 0 Å². The maximum atomic E-state index is 12.6. The van der Waals surface area contributed by atoms with Gasteiger partial charge in [-0.2, -0.15) is 0 Å². The van der Waals surface area contributed by atoms with Crippen LogP contribution in [0, 0.1) is 5.92 Å². The van der Waals surface area contributed by atoms with Crippen LogP contribution >= 0.6 is 0 Å². The molecule has 1 aliphatic heterocycles. The number of carbonyl (C=O) groups is 1. The van der Waals surface area contributed by atoms with Gasteiger partial charge in [-0.05, 0) is 6.42 Å². The minimum atomic E-state index is -2.76. The molecule has 17 heavy (non-hydrogen) atoms. The SMILES string of the molecule is CCCNC(=O)N1CC(O)[C@H](O)[C@@H](C(F)F)C1. The van der Waals surface area contributed by atoms with E-state index in [9.17, 15) is 23.8 Å². The lowest BCUT2D eigenvalue weighted by molar-refractivity contribution is -0.107. The summed E-state index contributed by atoms with van der Waals surface area (Å²) in [6.07, 6.45) is -4.83. The largest absolute Gasteiger partial charge is 0.390 e. The monoisotopic (exact) mass is 252 g/mol. The quantitative estimate of drug-likeness (QED) is 0.663. The number of amides is 2. The Morgan fingerprint density at radius 2 is 2.12 bits per heavy atom. The van der Waals surface area contributed by atoms with Gasteiger partial charge < -0.3 is 20.4 Å². The Balaban J connectivity index is 2.60. The Morgan fingerprint density at radius 3 is 2.65 bits per heavy atom. The molecule has 1 heterocycles. The van der Waals surface area contributed by atoms with Crippen molar-refractivity contribution in [2.24, 2.45) is 5.92 Å². The van der Waals surface area contributed by atoms with Crippen molar-refractivity contribution >= 4 is 6.03 Å². The standard InChI is InChI=1S/C10H18F2N2O3/c1-2-3-13-10(17)14-4-6(9(11)12)8(16)7(15)5-14/h6-9,15-16H,2-5H2,1H3,(H,13,17)/t6-,7?,8+/m0/s1. The van der Waals surface area contributed by atoms with E-state index >= 15 is 0 Å². The lowest BCUT2D eigenvalue weighted by atomic mass is 9.93. The van der Waals surface area contributed by atoms with E-state index in [1.807, 2.05) is 6.92 Å². The number of carbonyl (C=O) groups excluding carboxylic acids is 1. The highest BCUT2D eigenvalue weighted by atomic mass is 19.3. The first-order valence-corrected chi connectivity index (χ1v) is 5.64. The molecule has 0 aliphatic carbocycles. The van der Waals surface area contributed by atoms with Gasteiger partial charge in [0, 0.05) is 13.1 Å². The molecule has 1 aliphatic rings. The molecule has 7 heteroatoms. The fourth-order valence-electron chi connectivity index (χ4n) is 1.79. The number of β-amino-alcohol motifs (C(OH)–C–C–N with tert-alkyl or cyclic N) is 1. The van der Waals surface area contributed by atoms with Gasteiger partial charge in [-0.3, -0.25) is 0 Å². The summed E-state index contributed by atoms with van der Waals surface area (Å²) in [5.41, 5.74) is 0. The number of hydrogen-bond donors (Lipinski definition) is 3. The Morgan fingerprint density at radius 1 is 1.47 bits per heavy atom. The van der Waals surface area contributed by atoms with Gasteiger partial charge in [-0.15, -0.1) is 0 Å². The summed E-state index contributed by atoms with van der Waals surface area (Å²) in [5.74, 6) is -1.40.